The number of hydrogen-bond donors (Lipinski definition) is 0. The highest BCUT2D eigenvalue weighted by molar-refractivity contribution is 6.01. The van der Waals surface area contributed by atoms with Crippen molar-refractivity contribution in [3.8, 4) is 0 Å². The number of hydrogen-bond acceptors (Lipinski definition) is 2. The average molecular weight is 191 g/mol. The van der Waals surface area contributed by atoms with Gasteiger partial charge in [-0.2, -0.15) is 0 Å². The fourth-order valence-electron chi connectivity index (χ4n) is 1.38. The van der Waals surface area contributed by atoms with E-state index in [1.165, 1.54) is 11.9 Å². The van der Waals surface area contributed by atoms with Gasteiger partial charge in [0.2, 0.25) is 12.3 Å². The predicted molar refractivity (Wildman–Crippen MR) is 41.4 cm³/mol. The van der Waals surface area contributed by atoms with Crippen LogP contribution in [0, 0.1) is 5.92 Å². The summed E-state index contributed by atoms with van der Waals surface area (Å²) in [4.78, 5) is 23.4. The molecule has 1 rings (SSSR count). The molecule has 1 fully saturated rings. The summed E-state index contributed by atoms with van der Waals surface area (Å²) in [6, 6.07) is 0. The molecule has 0 aromatic carbocycles. The Balaban J connectivity index is 2.56. The van der Waals surface area contributed by atoms with Gasteiger partial charge in [0.05, 0.1) is 6.42 Å². The molecule has 1 aliphatic rings. The number of nitrogens with zero attached hydrogens (tertiary/aromatic N) is 1. The highest BCUT2D eigenvalue weighted by Crippen LogP contribution is 2.19. The summed E-state index contributed by atoms with van der Waals surface area (Å²) in [6.45, 7) is 0.127. The molecule has 5 heteroatoms. The van der Waals surface area contributed by atoms with Crippen LogP contribution in [0.1, 0.15) is 12.8 Å². The van der Waals surface area contributed by atoms with E-state index < -0.39 is 18.8 Å². The fourth-order valence-corrected chi connectivity index (χ4v) is 1.38. The highest BCUT2D eigenvalue weighted by Gasteiger charge is 2.32. The molecular weight excluding hydrogens is 180 g/mol. The molecule has 0 saturated carbocycles. The standard InChI is InChI=1S/C8H11F2NO2/c1-11-4-5(2-7(9)10)6(12)3-8(11)13/h5,7H,2-4H2,1H3. The lowest BCUT2D eigenvalue weighted by atomic mass is 9.93. The summed E-state index contributed by atoms with van der Waals surface area (Å²) in [7, 11) is 1.52. The number of piperidine rings is 1. The first-order valence-corrected chi connectivity index (χ1v) is 4.05. The molecule has 1 saturated heterocycles. The first kappa shape index (κ1) is 10.1. The Bertz CT molecular complexity index is 230. The van der Waals surface area contributed by atoms with Gasteiger partial charge in [-0.1, -0.05) is 0 Å². The summed E-state index contributed by atoms with van der Waals surface area (Å²) >= 11 is 0. The van der Waals surface area contributed by atoms with E-state index >= 15 is 0 Å². The smallest absolute Gasteiger partial charge is 0.239 e. The van der Waals surface area contributed by atoms with E-state index in [0.29, 0.717) is 0 Å². The molecule has 0 bridgehead atoms. The van der Waals surface area contributed by atoms with E-state index in [0.717, 1.165) is 0 Å². The zero-order valence-corrected chi connectivity index (χ0v) is 7.30. The van der Waals surface area contributed by atoms with Gasteiger partial charge < -0.3 is 4.90 Å². The fraction of sp³-hybridized carbons (Fsp3) is 0.750. The van der Waals surface area contributed by atoms with E-state index in [1.807, 2.05) is 0 Å². The van der Waals surface area contributed by atoms with Crippen LogP contribution in [0.4, 0.5) is 8.78 Å². The highest BCUT2D eigenvalue weighted by atomic mass is 19.3. The summed E-state index contributed by atoms with van der Waals surface area (Å²) in [5.74, 6) is -1.32. The molecule has 1 aliphatic heterocycles. The van der Waals surface area contributed by atoms with Gasteiger partial charge in [-0.15, -0.1) is 0 Å². The molecule has 0 N–H and O–H groups in total. The lowest BCUT2D eigenvalue weighted by molar-refractivity contribution is -0.142. The first-order chi connectivity index (χ1) is 6.00. The summed E-state index contributed by atoms with van der Waals surface area (Å²) in [6.07, 6.45) is -3.14. The van der Waals surface area contributed by atoms with Crippen molar-refractivity contribution < 1.29 is 18.4 Å². The maximum Gasteiger partial charge on any atom is 0.239 e. The average Bonchev–Trinajstić information content (AvgIpc) is 1.99. The minimum Gasteiger partial charge on any atom is -0.345 e. The van der Waals surface area contributed by atoms with Gasteiger partial charge in [-0.05, 0) is 0 Å². The largest absolute Gasteiger partial charge is 0.345 e. The zero-order valence-electron chi connectivity index (χ0n) is 7.30. The molecule has 3 nitrogen and oxygen atoms in total. The monoisotopic (exact) mass is 191 g/mol. The van der Waals surface area contributed by atoms with Crippen molar-refractivity contribution in [1.29, 1.82) is 0 Å². The van der Waals surface area contributed by atoms with E-state index in [1.54, 1.807) is 0 Å². The summed E-state index contributed by atoms with van der Waals surface area (Å²) < 4.78 is 23.9. The number of rotatable bonds is 2. The molecule has 1 amide bonds. The van der Waals surface area contributed by atoms with Crippen molar-refractivity contribution in [2.45, 2.75) is 19.3 Å². The Morgan fingerprint density at radius 1 is 1.54 bits per heavy atom. The van der Waals surface area contributed by atoms with Crippen molar-refractivity contribution in [3.63, 3.8) is 0 Å². The van der Waals surface area contributed by atoms with E-state index in [4.69, 9.17) is 0 Å². The number of carbonyl (C=O) groups is 2. The van der Waals surface area contributed by atoms with Crippen LogP contribution in [0.5, 0.6) is 0 Å². The van der Waals surface area contributed by atoms with E-state index in [9.17, 15) is 18.4 Å². The third-order valence-corrected chi connectivity index (χ3v) is 2.16. The summed E-state index contributed by atoms with van der Waals surface area (Å²) in [5.41, 5.74) is 0. The van der Waals surface area contributed by atoms with Crippen LogP contribution in [0.3, 0.4) is 0 Å². The Kier molecular flexibility index (Phi) is 2.95. The maximum absolute atomic E-state index is 12.0. The molecule has 1 atom stereocenters. The minimum absolute atomic E-state index is 0.127. The number of carbonyl (C=O) groups excluding carboxylic acids is 2. The van der Waals surface area contributed by atoms with Crippen molar-refractivity contribution in [2.75, 3.05) is 13.6 Å². The van der Waals surface area contributed by atoms with Gasteiger partial charge in [0.15, 0.2) is 0 Å². The summed E-state index contributed by atoms with van der Waals surface area (Å²) in [5, 5.41) is 0. The number of halogens is 2. The molecule has 1 heterocycles. The van der Waals surface area contributed by atoms with Gasteiger partial charge in [0, 0.05) is 25.9 Å². The van der Waals surface area contributed by atoms with E-state index in [2.05, 4.69) is 0 Å². The van der Waals surface area contributed by atoms with Crippen molar-refractivity contribution in [2.24, 2.45) is 5.92 Å². The van der Waals surface area contributed by atoms with Gasteiger partial charge >= 0.3 is 0 Å². The van der Waals surface area contributed by atoms with Crippen LogP contribution in [-0.4, -0.2) is 36.6 Å². The van der Waals surface area contributed by atoms with Gasteiger partial charge in [0.25, 0.3) is 0 Å². The Morgan fingerprint density at radius 3 is 2.69 bits per heavy atom. The van der Waals surface area contributed by atoms with Crippen LogP contribution in [0.2, 0.25) is 0 Å². The Morgan fingerprint density at radius 2 is 2.15 bits per heavy atom. The number of amides is 1. The second kappa shape index (κ2) is 3.81. The minimum atomic E-state index is -2.48. The first-order valence-electron chi connectivity index (χ1n) is 4.05. The maximum atomic E-state index is 12.0. The van der Waals surface area contributed by atoms with Gasteiger partial charge in [-0.3, -0.25) is 9.59 Å². The van der Waals surface area contributed by atoms with Crippen LogP contribution in [0.25, 0.3) is 0 Å². The normalized spacial score (nSPS) is 24.3. The lowest BCUT2D eigenvalue weighted by Gasteiger charge is -2.28. The molecule has 0 aliphatic carbocycles. The lowest BCUT2D eigenvalue weighted by Crippen LogP contribution is -2.43. The zero-order chi connectivity index (χ0) is 10.0. The topological polar surface area (TPSA) is 37.4 Å². The number of likely N-dealkylation sites (tertiary alicyclic amines) is 1. The van der Waals surface area contributed by atoms with Crippen LogP contribution in [0.15, 0.2) is 0 Å². The Labute approximate surface area is 74.7 Å². The third kappa shape index (κ3) is 2.47. The second-order valence-electron chi connectivity index (χ2n) is 3.24. The number of Topliss-reactive ketones (excluding diaryl/α,β-unsaturated/α-hetero) is 1. The number of alkyl halides is 2. The molecular formula is C8H11F2NO2. The molecule has 0 spiro atoms. The second-order valence-corrected chi connectivity index (χ2v) is 3.24. The van der Waals surface area contributed by atoms with Crippen molar-refractivity contribution in [3.05, 3.63) is 0 Å². The molecule has 0 aromatic heterocycles. The third-order valence-electron chi connectivity index (χ3n) is 2.16. The van der Waals surface area contributed by atoms with Crippen LogP contribution in [-0.2, 0) is 9.59 Å². The molecule has 13 heavy (non-hydrogen) atoms. The van der Waals surface area contributed by atoms with Crippen molar-refractivity contribution in [1.82, 2.24) is 4.90 Å². The number of ketones is 1. The Hall–Kier alpha value is -1.00. The van der Waals surface area contributed by atoms with Crippen LogP contribution < -0.4 is 0 Å². The molecule has 1 unspecified atom stereocenters. The van der Waals surface area contributed by atoms with E-state index in [-0.39, 0.29) is 24.7 Å². The molecule has 74 valence electrons. The molecule has 0 radical (unpaired) electrons. The van der Waals surface area contributed by atoms with Crippen LogP contribution >= 0.6 is 0 Å². The van der Waals surface area contributed by atoms with Crippen molar-refractivity contribution >= 4 is 11.7 Å². The SMILES string of the molecule is CN1CC(CC(F)F)C(=O)CC1=O. The van der Waals surface area contributed by atoms with Gasteiger partial charge in [0.1, 0.15) is 5.78 Å². The predicted octanol–water partition coefficient (Wildman–Crippen LogP) is 0.689. The van der Waals surface area contributed by atoms with Gasteiger partial charge in [-0.25, -0.2) is 8.78 Å². The molecule has 0 aromatic rings. The quantitative estimate of drug-likeness (QED) is 0.602.